The summed E-state index contributed by atoms with van der Waals surface area (Å²) >= 11 is 0. The van der Waals surface area contributed by atoms with Crippen LogP contribution >= 0.6 is 0 Å². The summed E-state index contributed by atoms with van der Waals surface area (Å²) in [5.41, 5.74) is 1.15. The van der Waals surface area contributed by atoms with Crippen LogP contribution in [0.3, 0.4) is 0 Å². The molecule has 198 valence electrons. The van der Waals surface area contributed by atoms with Gasteiger partial charge in [-0.2, -0.15) is 5.26 Å². The van der Waals surface area contributed by atoms with Gasteiger partial charge in [-0.25, -0.2) is 13.0 Å². The molecule has 4 rings (SSSR count). The molecule has 2 aromatic carbocycles. The number of alkyl halides is 2. The van der Waals surface area contributed by atoms with Crippen molar-refractivity contribution in [3.8, 4) is 23.0 Å². The van der Waals surface area contributed by atoms with Crippen molar-refractivity contribution in [3.63, 3.8) is 0 Å². The molecule has 4 aromatic rings. The summed E-state index contributed by atoms with van der Waals surface area (Å²) < 4.78 is 44.4. The van der Waals surface area contributed by atoms with E-state index in [1.54, 1.807) is 72.5 Å². The van der Waals surface area contributed by atoms with E-state index in [9.17, 15) is 22.6 Å². The average molecular weight is 548 g/mol. The number of hydrogen-bond donors (Lipinski definition) is 1. The zero-order chi connectivity index (χ0) is 28.2. The van der Waals surface area contributed by atoms with Gasteiger partial charge in [-0.3, -0.25) is 14.6 Å². The third-order valence-corrected chi connectivity index (χ3v) is 7.67. The number of nitrogens with one attached hydrogen (secondary N) is 1. The second kappa shape index (κ2) is 11.4. The van der Waals surface area contributed by atoms with Crippen molar-refractivity contribution in [2.45, 2.75) is 24.8 Å². The molecule has 0 spiro atoms. The number of halogens is 2. The Bertz CT molecular complexity index is 1760. The van der Waals surface area contributed by atoms with E-state index in [4.69, 9.17) is 5.26 Å². The highest BCUT2D eigenvalue weighted by atomic mass is 32.2. The predicted molar refractivity (Wildman–Crippen MR) is 143 cm³/mol. The van der Waals surface area contributed by atoms with E-state index < -0.39 is 27.5 Å². The van der Waals surface area contributed by atoms with Gasteiger partial charge in [-0.1, -0.05) is 30.3 Å². The van der Waals surface area contributed by atoms with Crippen LogP contribution in [0.15, 0.2) is 93.3 Å². The van der Waals surface area contributed by atoms with Crippen LogP contribution in [0.4, 0.5) is 8.78 Å². The number of carbonyl (C=O) groups excluding carboxylic acids is 1. The lowest BCUT2D eigenvalue weighted by atomic mass is 9.99. The van der Waals surface area contributed by atoms with Crippen LogP contribution in [0.25, 0.3) is 16.8 Å². The van der Waals surface area contributed by atoms with E-state index in [-0.39, 0.29) is 28.8 Å². The first kappa shape index (κ1) is 27.3. The molecule has 1 atom stereocenters. The van der Waals surface area contributed by atoms with Crippen LogP contribution in [0.1, 0.15) is 33.6 Å². The summed E-state index contributed by atoms with van der Waals surface area (Å²) in [4.78, 5) is 31.2. The maximum atomic E-state index is 13.6. The summed E-state index contributed by atoms with van der Waals surface area (Å²) in [6.45, 7) is 1.73. The minimum Gasteiger partial charge on any atom is -0.348 e. The van der Waals surface area contributed by atoms with Gasteiger partial charge in [-0.15, -0.1) is 4.36 Å². The Morgan fingerprint density at radius 3 is 2.49 bits per heavy atom. The maximum absolute atomic E-state index is 13.6. The van der Waals surface area contributed by atoms with Crippen molar-refractivity contribution in [1.82, 2.24) is 14.9 Å². The summed E-state index contributed by atoms with van der Waals surface area (Å²) in [6.07, 6.45) is 4.72. The third kappa shape index (κ3) is 5.91. The average Bonchev–Trinajstić information content (AvgIpc) is 2.93. The molecule has 0 saturated carbocycles. The second-order valence-electron chi connectivity index (χ2n) is 8.65. The molecule has 0 fully saturated rings. The second-order valence-corrected chi connectivity index (χ2v) is 10.9. The summed E-state index contributed by atoms with van der Waals surface area (Å²) in [6, 6.07) is 15.3. The predicted octanol–water partition coefficient (Wildman–Crippen LogP) is 5.01. The smallest absolute Gasteiger partial charge is 0.263 e. The molecular formula is C28H23F2N5O3S. The number of amides is 1. The standard InChI is InChI=1S/C28H23F2N5O3S/c1-18-25(20-4-3-5-21(14-20)27(29)30)26(36)24(16-35(18)22-10-12-32-13-11-22)28(37)33-15-19-6-8-23(9-7-19)39(2,38)34-17-31/h3-14,16,27H,15H2,1-2H3,(H,33,37). The quantitative estimate of drug-likeness (QED) is 0.326. The third-order valence-electron chi connectivity index (χ3n) is 6.09. The Balaban J connectivity index is 1.73. The molecule has 0 aliphatic rings. The van der Waals surface area contributed by atoms with Gasteiger partial charge in [0.25, 0.3) is 12.3 Å². The van der Waals surface area contributed by atoms with Gasteiger partial charge in [0, 0.05) is 58.8 Å². The Morgan fingerprint density at radius 2 is 1.85 bits per heavy atom. The molecule has 0 bridgehead atoms. The largest absolute Gasteiger partial charge is 0.348 e. The van der Waals surface area contributed by atoms with Crippen molar-refractivity contribution < 1.29 is 17.8 Å². The summed E-state index contributed by atoms with van der Waals surface area (Å²) in [5, 5.41) is 11.4. The minimum atomic E-state index is -2.85. The molecule has 2 heterocycles. The Morgan fingerprint density at radius 1 is 1.15 bits per heavy atom. The van der Waals surface area contributed by atoms with E-state index in [0.717, 1.165) is 0 Å². The fraction of sp³-hybridized carbons (Fsp3) is 0.143. The number of carbonyl (C=O) groups is 1. The molecule has 0 saturated heterocycles. The minimum absolute atomic E-state index is 0.0538. The van der Waals surface area contributed by atoms with Gasteiger partial charge in [0.05, 0.1) is 9.73 Å². The zero-order valence-electron chi connectivity index (χ0n) is 21.0. The van der Waals surface area contributed by atoms with Crippen LogP contribution < -0.4 is 10.7 Å². The van der Waals surface area contributed by atoms with E-state index >= 15 is 0 Å². The van der Waals surface area contributed by atoms with E-state index in [2.05, 4.69) is 14.7 Å². The number of benzene rings is 2. The van der Waals surface area contributed by atoms with Crippen LogP contribution in [0, 0.1) is 18.4 Å². The molecule has 0 aliphatic heterocycles. The number of nitriles is 1. The molecule has 11 heteroatoms. The topological polar surface area (TPSA) is 117 Å². The molecule has 0 aliphatic carbocycles. The molecule has 8 nitrogen and oxygen atoms in total. The lowest BCUT2D eigenvalue weighted by Gasteiger charge is -2.17. The maximum Gasteiger partial charge on any atom is 0.263 e. The fourth-order valence-electron chi connectivity index (χ4n) is 4.08. The lowest BCUT2D eigenvalue weighted by Crippen LogP contribution is -2.30. The highest BCUT2D eigenvalue weighted by Gasteiger charge is 2.21. The molecule has 0 radical (unpaired) electrons. The van der Waals surface area contributed by atoms with E-state index in [1.165, 1.54) is 30.7 Å². The number of rotatable bonds is 7. The molecule has 39 heavy (non-hydrogen) atoms. The SMILES string of the molecule is Cc1c(-c2cccc(C(F)F)c2)c(=O)c(C(=O)NCc2ccc(S(C)(=O)=NC#N)cc2)cn1-c1ccncc1. The number of pyridine rings is 2. The highest BCUT2D eigenvalue weighted by Crippen LogP contribution is 2.27. The molecule has 1 N–H and O–H groups in total. The molecular weight excluding hydrogens is 524 g/mol. The van der Waals surface area contributed by atoms with Crippen molar-refractivity contribution in [2.75, 3.05) is 6.26 Å². The Hall–Kier alpha value is -4.69. The van der Waals surface area contributed by atoms with Crippen molar-refractivity contribution >= 4 is 15.6 Å². The highest BCUT2D eigenvalue weighted by molar-refractivity contribution is 7.93. The van der Waals surface area contributed by atoms with E-state index in [0.29, 0.717) is 21.8 Å². The monoisotopic (exact) mass is 547 g/mol. The molecule has 1 amide bonds. The van der Waals surface area contributed by atoms with Crippen molar-refractivity contribution in [3.05, 3.63) is 112 Å². The fourth-order valence-corrected chi connectivity index (χ4v) is 4.98. The number of nitrogens with zero attached hydrogens (tertiary/aromatic N) is 4. The summed E-state index contributed by atoms with van der Waals surface area (Å²) in [7, 11) is -2.85. The van der Waals surface area contributed by atoms with Gasteiger partial charge in [0.1, 0.15) is 5.56 Å². The van der Waals surface area contributed by atoms with Gasteiger partial charge >= 0.3 is 0 Å². The van der Waals surface area contributed by atoms with Gasteiger partial charge in [0.15, 0.2) is 0 Å². The zero-order valence-corrected chi connectivity index (χ0v) is 21.8. The number of hydrogen-bond acceptors (Lipinski definition) is 6. The summed E-state index contributed by atoms with van der Waals surface area (Å²) in [5.74, 6) is -0.656. The Labute approximate surface area is 223 Å². The normalized spacial score (nSPS) is 12.4. The van der Waals surface area contributed by atoms with Gasteiger partial charge < -0.3 is 9.88 Å². The lowest BCUT2D eigenvalue weighted by molar-refractivity contribution is 0.0949. The van der Waals surface area contributed by atoms with Gasteiger partial charge in [0.2, 0.25) is 11.6 Å². The first-order valence-corrected chi connectivity index (χ1v) is 13.6. The first-order valence-electron chi connectivity index (χ1n) is 11.6. The Kier molecular flexibility index (Phi) is 7.97. The van der Waals surface area contributed by atoms with Crippen LogP contribution in [0.2, 0.25) is 0 Å². The van der Waals surface area contributed by atoms with Gasteiger partial charge in [-0.05, 0) is 48.4 Å². The van der Waals surface area contributed by atoms with Crippen LogP contribution in [-0.4, -0.2) is 25.9 Å². The van der Waals surface area contributed by atoms with E-state index in [1.807, 2.05) is 0 Å². The van der Waals surface area contributed by atoms with Crippen molar-refractivity contribution in [2.24, 2.45) is 4.36 Å². The van der Waals surface area contributed by atoms with Crippen LogP contribution in [0.5, 0.6) is 0 Å². The number of aromatic nitrogens is 2. The molecule has 2 aromatic heterocycles. The van der Waals surface area contributed by atoms with Crippen molar-refractivity contribution in [1.29, 1.82) is 5.26 Å². The van der Waals surface area contributed by atoms with Crippen LogP contribution in [-0.2, 0) is 16.3 Å². The first-order chi connectivity index (χ1) is 18.6. The molecule has 1 unspecified atom stereocenters.